The summed E-state index contributed by atoms with van der Waals surface area (Å²) in [6.45, 7) is 6.53. The van der Waals surface area contributed by atoms with Crippen molar-refractivity contribution in [1.82, 2.24) is 0 Å². The highest BCUT2D eigenvalue weighted by atomic mass is 28.1. The standard InChI is InChI=1S/C10H13Si/c1-7(2)9-6-4-5-8(3)10(9)11/h4-7H,1-3H3. The van der Waals surface area contributed by atoms with Gasteiger partial charge in [0, 0.05) is 0 Å². The Morgan fingerprint density at radius 1 is 1.27 bits per heavy atom. The molecule has 57 valence electrons. The first-order valence-electron chi connectivity index (χ1n) is 3.94. The van der Waals surface area contributed by atoms with Crippen LogP contribution in [0.15, 0.2) is 18.2 Å². The highest BCUT2D eigenvalue weighted by Crippen LogP contribution is 2.11. The summed E-state index contributed by atoms with van der Waals surface area (Å²) in [4.78, 5) is 0. The Morgan fingerprint density at radius 2 is 1.91 bits per heavy atom. The number of aryl methyl sites for hydroxylation is 1. The van der Waals surface area contributed by atoms with Crippen molar-refractivity contribution < 1.29 is 0 Å². The second-order valence-corrected chi connectivity index (χ2v) is 3.69. The van der Waals surface area contributed by atoms with E-state index in [9.17, 15) is 0 Å². The van der Waals surface area contributed by atoms with E-state index in [1.807, 2.05) is 0 Å². The van der Waals surface area contributed by atoms with E-state index >= 15 is 0 Å². The lowest BCUT2D eigenvalue weighted by Gasteiger charge is -2.10. The smallest absolute Gasteiger partial charge is 0.0617 e. The predicted octanol–water partition coefficient (Wildman–Crippen LogP) is 1.91. The fourth-order valence-electron chi connectivity index (χ4n) is 1.17. The molecule has 1 rings (SSSR count). The zero-order valence-corrected chi connectivity index (χ0v) is 8.31. The van der Waals surface area contributed by atoms with E-state index in [1.54, 1.807) is 0 Å². The molecule has 0 saturated carbocycles. The van der Waals surface area contributed by atoms with Crippen LogP contribution in [0.2, 0.25) is 0 Å². The first-order chi connectivity index (χ1) is 5.13. The molecule has 0 amide bonds. The molecule has 0 atom stereocenters. The molecule has 0 saturated heterocycles. The maximum absolute atomic E-state index is 3.63. The molecular weight excluding hydrogens is 148 g/mol. The summed E-state index contributed by atoms with van der Waals surface area (Å²) in [7, 11) is 3.63. The molecule has 1 aromatic carbocycles. The summed E-state index contributed by atoms with van der Waals surface area (Å²) in [5, 5.41) is 1.25. The Kier molecular flexibility index (Phi) is 2.50. The molecule has 0 spiro atoms. The van der Waals surface area contributed by atoms with E-state index in [0.717, 1.165) is 0 Å². The summed E-state index contributed by atoms with van der Waals surface area (Å²) >= 11 is 0. The Morgan fingerprint density at radius 3 is 2.36 bits per heavy atom. The van der Waals surface area contributed by atoms with E-state index in [2.05, 4.69) is 49.2 Å². The highest BCUT2D eigenvalue weighted by Gasteiger charge is 2.03. The fraction of sp³-hybridized carbons (Fsp3) is 0.400. The van der Waals surface area contributed by atoms with Gasteiger partial charge in [-0.2, -0.15) is 0 Å². The normalized spacial score (nSPS) is 10.6. The van der Waals surface area contributed by atoms with Gasteiger partial charge in [0.25, 0.3) is 0 Å². The summed E-state index contributed by atoms with van der Waals surface area (Å²) < 4.78 is 0. The van der Waals surface area contributed by atoms with Gasteiger partial charge in [-0.25, -0.2) is 0 Å². The van der Waals surface area contributed by atoms with E-state index < -0.39 is 0 Å². The van der Waals surface area contributed by atoms with Crippen molar-refractivity contribution in [1.29, 1.82) is 0 Å². The minimum absolute atomic E-state index is 0.599. The minimum atomic E-state index is 0.599. The molecule has 0 aliphatic carbocycles. The highest BCUT2D eigenvalue weighted by molar-refractivity contribution is 6.34. The van der Waals surface area contributed by atoms with E-state index in [4.69, 9.17) is 0 Å². The van der Waals surface area contributed by atoms with Crippen LogP contribution in [0.5, 0.6) is 0 Å². The van der Waals surface area contributed by atoms with Crippen LogP contribution in [-0.4, -0.2) is 10.2 Å². The third-order valence-corrected chi connectivity index (χ3v) is 2.61. The minimum Gasteiger partial charge on any atom is -0.0617 e. The third kappa shape index (κ3) is 1.72. The lowest BCUT2D eigenvalue weighted by atomic mass is 10.0. The molecule has 1 heteroatoms. The van der Waals surface area contributed by atoms with Gasteiger partial charge < -0.3 is 0 Å². The van der Waals surface area contributed by atoms with Crippen LogP contribution in [0, 0.1) is 6.92 Å². The number of rotatable bonds is 1. The van der Waals surface area contributed by atoms with Gasteiger partial charge >= 0.3 is 0 Å². The van der Waals surface area contributed by atoms with Crippen molar-refractivity contribution in [3.8, 4) is 0 Å². The van der Waals surface area contributed by atoms with Gasteiger partial charge in [-0.15, -0.1) is 0 Å². The van der Waals surface area contributed by atoms with Crippen molar-refractivity contribution in [3.63, 3.8) is 0 Å². The van der Waals surface area contributed by atoms with Crippen molar-refractivity contribution in [2.45, 2.75) is 26.7 Å². The molecule has 0 nitrogen and oxygen atoms in total. The van der Waals surface area contributed by atoms with Gasteiger partial charge in [0.1, 0.15) is 0 Å². The maximum atomic E-state index is 3.63. The lowest BCUT2D eigenvalue weighted by Crippen LogP contribution is -2.14. The molecule has 0 aliphatic rings. The van der Waals surface area contributed by atoms with Crippen LogP contribution in [0.1, 0.15) is 30.9 Å². The number of hydrogen-bond donors (Lipinski definition) is 0. The van der Waals surface area contributed by atoms with E-state index in [-0.39, 0.29) is 0 Å². The van der Waals surface area contributed by atoms with Gasteiger partial charge in [0.15, 0.2) is 0 Å². The summed E-state index contributed by atoms with van der Waals surface area (Å²) in [5.41, 5.74) is 2.70. The molecule has 0 heterocycles. The molecule has 0 unspecified atom stereocenters. The quantitative estimate of drug-likeness (QED) is 0.552. The van der Waals surface area contributed by atoms with Crippen LogP contribution in [0.3, 0.4) is 0 Å². The first-order valence-corrected chi connectivity index (χ1v) is 4.44. The van der Waals surface area contributed by atoms with Crippen molar-refractivity contribution in [3.05, 3.63) is 29.3 Å². The average Bonchev–Trinajstić information content (AvgIpc) is 1.94. The molecule has 0 aliphatic heterocycles. The van der Waals surface area contributed by atoms with Gasteiger partial charge in [-0.1, -0.05) is 42.8 Å². The van der Waals surface area contributed by atoms with Crippen molar-refractivity contribution >= 4 is 15.4 Å². The monoisotopic (exact) mass is 161 g/mol. The Labute approximate surface area is 72.1 Å². The van der Waals surface area contributed by atoms with Gasteiger partial charge in [0.2, 0.25) is 0 Å². The zero-order chi connectivity index (χ0) is 8.43. The van der Waals surface area contributed by atoms with E-state index in [0.29, 0.717) is 5.92 Å². The van der Waals surface area contributed by atoms with Crippen LogP contribution in [-0.2, 0) is 0 Å². The van der Waals surface area contributed by atoms with Crippen molar-refractivity contribution in [2.24, 2.45) is 0 Å². The molecule has 11 heavy (non-hydrogen) atoms. The van der Waals surface area contributed by atoms with Crippen LogP contribution >= 0.6 is 0 Å². The summed E-state index contributed by atoms with van der Waals surface area (Å²) in [6, 6.07) is 6.39. The molecule has 1 aromatic rings. The number of hydrogen-bond acceptors (Lipinski definition) is 0. The second kappa shape index (κ2) is 3.22. The van der Waals surface area contributed by atoms with Crippen LogP contribution in [0.25, 0.3) is 0 Å². The Bertz CT molecular complexity index is 251. The largest absolute Gasteiger partial charge is 0.0719 e. The zero-order valence-electron chi connectivity index (χ0n) is 7.31. The summed E-state index contributed by atoms with van der Waals surface area (Å²) in [5.74, 6) is 0.599. The van der Waals surface area contributed by atoms with Gasteiger partial charge in [0.05, 0.1) is 10.2 Å². The Balaban J connectivity index is 3.17. The second-order valence-electron chi connectivity index (χ2n) is 3.19. The average molecular weight is 161 g/mol. The van der Waals surface area contributed by atoms with Crippen LogP contribution < -0.4 is 5.19 Å². The molecule has 0 N–H and O–H groups in total. The fourth-order valence-corrected chi connectivity index (χ4v) is 1.63. The molecule has 0 aromatic heterocycles. The van der Waals surface area contributed by atoms with Crippen LogP contribution in [0.4, 0.5) is 0 Å². The Hall–Kier alpha value is -0.563. The topological polar surface area (TPSA) is 0 Å². The number of benzene rings is 1. The molecule has 0 bridgehead atoms. The molecular formula is C10H13Si. The van der Waals surface area contributed by atoms with Gasteiger partial charge in [-0.3, -0.25) is 0 Å². The SMILES string of the molecule is Cc1cccc(C(C)C)c1[Si]. The van der Waals surface area contributed by atoms with Crippen molar-refractivity contribution in [2.75, 3.05) is 0 Å². The summed E-state index contributed by atoms with van der Waals surface area (Å²) in [6.07, 6.45) is 0. The lowest BCUT2D eigenvalue weighted by molar-refractivity contribution is 0.872. The molecule has 0 fully saturated rings. The van der Waals surface area contributed by atoms with E-state index in [1.165, 1.54) is 16.3 Å². The maximum Gasteiger partial charge on any atom is 0.0719 e. The van der Waals surface area contributed by atoms with Gasteiger partial charge in [-0.05, 0) is 18.4 Å². The predicted molar refractivity (Wildman–Crippen MR) is 50.7 cm³/mol. The first kappa shape index (κ1) is 8.53. The third-order valence-electron chi connectivity index (χ3n) is 1.93. The molecule has 3 radical (unpaired) electrons.